The molecule has 0 saturated carbocycles. The van der Waals surface area contributed by atoms with Gasteiger partial charge in [0, 0.05) is 11.6 Å². The summed E-state index contributed by atoms with van der Waals surface area (Å²) in [5, 5.41) is 5.66. The van der Waals surface area contributed by atoms with Crippen LogP contribution in [0.1, 0.15) is 42.9 Å². The lowest BCUT2D eigenvalue weighted by atomic mass is 10.1. The van der Waals surface area contributed by atoms with E-state index in [2.05, 4.69) is 10.6 Å². The van der Waals surface area contributed by atoms with Gasteiger partial charge < -0.3 is 39.1 Å². The van der Waals surface area contributed by atoms with Crippen LogP contribution in [0.3, 0.4) is 0 Å². The number of benzene rings is 2. The predicted octanol–water partition coefficient (Wildman–Crippen LogP) is 4.78. The number of anilines is 2. The first-order valence-corrected chi connectivity index (χ1v) is 12.5. The molecule has 12 heteroatoms. The van der Waals surface area contributed by atoms with Crippen molar-refractivity contribution in [1.29, 1.82) is 0 Å². The van der Waals surface area contributed by atoms with Gasteiger partial charge in [-0.05, 0) is 43.7 Å². The number of amides is 2. The molecule has 0 spiro atoms. The van der Waals surface area contributed by atoms with Crippen molar-refractivity contribution in [2.75, 3.05) is 52.8 Å². The maximum absolute atomic E-state index is 13.3. The third kappa shape index (κ3) is 6.17. The number of methoxy groups -OCH3 is 5. The lowest BCUT2D eigenvalue weighted by Gasteiger charge is -2.14. The third-order valence-corrected chi connectivity index (χ3v) is 6.85. The summed E-state index contributed by atoms with van der Waals surface area (Å²) in [6.07, 6.45) is 0. The molecule has 0 saturated heterocycles. The Morgan fingerprint density at radius 3 is 1.97 bits per heavy atom. The van der Waals surface area contributed by atoms with Crippen LogP contribution in [-0.2, 0) is 4.74 Å². The van der Waals surface area contributed by atoms with E-state index < -0.39 is 17.8 Å². The van der Waals surface area contributed by atoms with Crippen LogP contribution in [0.15, 0.2) is 30.3 Å². The maximum atomic E-state index is 13.3. The van der Waals surface area contributed by atoms with Crippen molar-refractivity contribution >= 4 is 39.8 Å². The van der Waals surface area contributed by atoms with Gasteiger partial charge in [0.2, 0.25) is 5.75 Å². The van der Waals surface area contributed by atoms with Crippen LogP contribution in [0.4, 0.5) is 10.7 Å². The molecule has 3 aromatic rings. The largest absolute Gasteiger partial charge is 0.497 e. The topological polar surface area (TPSA) is 131 Å². The zero-order chi connectivity index (χ0) is 28.7. The van der Waals surface area contributed by atoms with Crippen LogP contribution in [0.5, 0.6) is 28.7 Å². The molecule has 39 heavy (non-hydrogen) atoms. The monoisotopic (exact) mass is 558 g/mol. The van der Waals surface area contributed by atoms with Gasteiger partial charge in [0.05, 0.1) is 58.3 Å². The lowest BCUT2D eigenvalue weighted by molar-refractivity contribution is 0.0527. The molecule has 3 rings (SSSR count). The number of esters is 1. The SMILES string of the molecule is CCOC(=O)c1c(NC(=O)c2cc(OC)c(OC)c(OC)c2)sc(C(=O)Nc2cc(OC)ccc2OC)c1C. The highest BCUT2D eigenvalue weighted by Gasteiger charge is 2.28. The maximum Gasteiger partial charge on any atom is 0.341 e. The quantitative estimate of drug-likeness (QED) is 0.319. The molecule has 0 bridgehead atoms. The summed E-state index contributed by atoms with van der Waals surface area (Å²) in [6.45, 7) is 3.38. The molecular formula is C27H30N2O9S. The standard InChI is InChI=1S/C27H30N2O9S/c1-8-38-27(32)21-14(2)23(25(31)28-17-13-16(33-3)9-10-18(17)34-4)39-26(21)29-24(30)15-11-19(35-5)22(37-7)20(12-15)36-6/h9-13H,8H2,1-7H3,(H,28,31)(H,29,30). The summed E-state index contributed by atoms with van der Waals surface area (Å²) in [4.78, 5) is 39.7. The first-order valence-electron chi connectivity index (χ1n) is 11.7. The van der Waals surface area contributed by atoms with Crippen LogP contribution in [0, 0.1) is 6.92 Å². The Balaban J connectivity index is 2.02. The van der Waals surface area contributed by atoms with E-state index in [1.807, 2.05) is 0 Å². The summed E-state index contributed by atoms with van der Waals surface area (Å²) in [7, 11) is 7.30. The van der Waals surface area contributed by atoms with Crippen molar-refractivity contribution < 1.29 is 42.8 Å². The van der Waals surface area contributed by atoms with Gasteiger partial charge in [-0.3, -0.25) is 9.59 Å². The number of thiophene rings is 1. The van der Waals surface area contributed by atoms with Crippen LogP contribution >= 0.6 is 11.3 Å². The Kier molecular flexibility index (Phi) is 9.61. The molecule has 0 fully saturated rings. The van der Waals surface area contributed by atoms with Crippen molar-refractivity contribution in [2.24, 2.45) is 0 Å². The molecule has 1 aromatic heterocycles. The zero-order valence-corrected chi connectivity index (χ0v) is 23.5. The third-order valence-electron chi connectivity index (χ3n) is 5.64. The van der Waals surface area contributed by atoms with E-state index in [1.54, 1.807) is 32.0 Å². The highest BCUT2D eigenvalue weighted by molar-refractivity contribution is 7.19. The highest BCUT2D eigenvalue weighted by atomic mass is 32.1. The van der Waals surface area contributed by atoms with Gasteiger partial charge in [-0.25, -0.2) is 4.79 Å². The fraction of sp³-hybridized carbons (Fsp3) is 0.296. The second-order valence-corrected chi connectivity index (χ2v) is 8.89. The number of rotatable bonds is 11. The number of carbonyl (C=O) groups excluding carboxylic acids is 3. The number of carbonyl (C=O) groups is 3. The second-order valence-electron chi connectivity index (χ2n) is 7.87. The second kappa shape index (κ2) is 12.9. The van der Waals surface area contributed by atoms with Crippen molar-refractivity contribution in [2.45, 2.75) is 13.8 Å². The highest BCUT2D eigenvalue weighted by Crippen LogP contribution is 2.40. The van der Waals surface area contributed by atoms with E-state index in [1.165, 1.54) is 47.7 Å². The minimum atomic E-state index is -0.676. The number of hydrogen-bond donors (Lipinski definition) is 2. The van der Waals surface area contributed by atoms with Gasteiger partial charge in [-0.2, -0.15) is 0 Å². The average Bonchev–Trinajstić information content (AvgIpc) is 3.27. The summed E-state index contributed by atoms with van der Waals surface area (Å²) in [5.41, 5.74) is 0.969. The Morgan fingerprint density at radius 1 is 0.795 bits per heavy atom. The molecule has 11 nitrogen and oxygen atoms in total. The lowest BCUT2D eigenvalue weighted by Crippen LogP contribution is -2.15. The molecule has 0 radical (unpaired) electrons. The van der Waals surface area contributed by atoms with Gasteiger partial charge in [0.15, 0.2) is 11.5 Å². The van der Waals surface area contributed by atoms with Crippen LogP contribution in [-0.4, -0.2) is 59.9 Å². The summed E-state index contributed by atoms with van der Waals surface area (Å²) >= 11 is 0.938. The number of ether oxygens (including phenoxy) is 6. The Morgan fingerprint density at radius 2 is 1.44 bits per heavy atom. The predicted molar refractivity (Wildman–Crippen MR) is 147 cm³/mol. The summed E-state index contributed by atoms with van der Waals surface area (Å²) < 4.78 is 31.8. The first-order chi connectivity index (χ1) is 18.7. The van der Waals surface area contributed by atoms with Crippen molar-refractivity contribution in [3.63, 3.8) is 0 Å². The van der Waals surface area contributed by atoms with Crippen LogP contribution in [0.2, 0.25) is 0 Å². The summed E-state index contributed by atoms with van der Waals surface area (Å²) in [6, 6.07) is 7.91. The van der Waals surface area contributed by atoms with Gasteiger partial charge in [0.1, 0.15) is 16.5 Å². The number of nitrogens with one attached hydrogen (secondary N) is 2. The van der Waals surface area contributed by atoms with Gasteiger partial charge in [-0.1, -0.05) is 0 Å². The zero-order valence-electron chi connectivity index (χ0n) is 22.7. The van der Waals surface area contributed by atoms with Gasteiger partial charge in [-0.15, -0.1) is 11.3 Å². The Bertz CT molecular complexity index is 1360. The van der Waals surface area contributed by atoms with E-state index in [4.69, 9.17) is 28.4 Å². The Labute approximate surface area is 229 Å². The molecule has 2 aromatic carbocycles. The molecule has 1 heterocycles. The van der Waals surface area contributed by atoms with E-state index in [0.29, 0.717) is 28.5 Å². The molecule has 0 unspecified atom stereocenters. The van der Waals surface area contributed by atoms with Crippen molar-refractivity contribution in [3.8, 4) is 28.7 Å². The van der Waals surface area contributed by atoms with Gasteiger partial charge >= 0.3 is 5.97 Å². The van der Waals surface area contributed by atoms with Crippen molar-refractivity contribution in [3.05, 3.63) is 51.9 Å². The average molecular weight is 559 g/mol. The fourth-order valence-electron chi connectivity index (χ4n) is 3.75. The summed E-state index contributed by atoms with van der Waals surface area (Å²) in [5.74, 6) is 0.0569. The fourth-order valence-corrected chi connectivity index (χ4v) is 4.83. The van der Waals surface area contributed by atoms with Gasteiger partial charge in [0.25, 0.3) is 11.8 Å². The smallest absolute Gasteiger partial charge is 0.341 e. The molecule has 0 aliphatic heterocycles. The number of hydrogen-bond acceptors (Lipinski definition) is 10. The molecule has 0 aliphatic carbocycles. The van der Waals surface area contributed by atoms with Crippen LogP contribution < -0.4 is 34.3 Å². The van der Waals surface area contributed by atoms with E-state index in [9.17, 15) is 14.4 Å². The Hall–Kier alpha value is -4.45. The van der Waals surface area contributed by atoms with Crippen molar-refractivity contribution in [1.82, 2.24) is 0 Å². The molecular weight excluding hydrogens is 528 g/mol. The minimum absolute atomic E-state index is 0.0744. The molecule has 0 atom stereocenters. The molecule has 208 valence electrons. The molecule has 2 N–H and O–H groups in total. The van der Waals surface area contributed by atoms with E-state index in [0.717, 1.165) is 11.3 Å². The van der Waals surface area contributed by atoms with E-state index in [-0.39, 0.29) is 39.1 Å². The molecule has 0 aliphatic rings. The van der Waals surface area contributed by atoms with E-state index >= 15 is 0 Å². The van der Waals surface area contributed by atoms with Crippen LogP contribution in [0.25, 0.3) is 0 Å². The molecule has 2 amide bonds. The minimum Gasteiger partial charge on any atom is -0.497 e. The normalized spacial score (nSPS) is 10.3. The first kappa shape index (κ1) is 29.1.